The van der Waals surface area contributed by atoms with Crippen molar-refractivity contribution < 1.29 is 9.53 Å². The summed E-state index contributed by atoms with van der Waals surface area (Å²) in [5.74, 6) is 0. The summed E-state index contributed by atoms with van der Waals surface area (Å²) in [4.78, 5) is 16.0. The molecule has 1 N–H and O–H groups in total. The molecule has 1 heterocycles. The Morgan fingerprint density at radius 2 is 2.28 bits per heavy atom. The van der Waals surface area contributed by atoms with E-state index in [1.807, 2.05) is 39.0 Å². The van der Waals surface area contributed by atoms with Crippen LogP contribution in [0.2, 0.25) is 0 Å². The summed E-state index contributed by atoms with van der Waals surface area (Å²) in [5.41, 5.74) is 0.288. The Labute approximate surface area is 108 Å². The number of nitrogens with zero attached hydrogens (tertiary/aromatic N) is 1. The summed E-state index contributed by atoms with van der Waals surface area (Å²) in [7, 11) is 0. The Morgan fingerprint density at radius 1 is 1.56 bits per heavy atom. The van der Waals surface area contributed by atoms with Crippen LogP contribution in [0, 0.1) is 0 Å². The summed E-state index contributed by atoms with van der Waals surface area (Å²) in [6.07, 6.45) is 3.61. The SMILES string of the molecule is C=CC[C@@H](NC(=O)OC(C)(C)C)c1ccccn1. The van der Waals surface area contributed by atoms with Crippen molar-refractivity contribution in [1.82, 2.24) is 10.3 Å². The summed E-state index contributed by atoms with van der Waals surface area (Å²) in [6, 6.07) is 5.38. The highest BCUT2D eigenvalue weighted by Gasteiger charge is 2.20. The summed E-state index contributed by atoms with van der Waals surface area (Å²) < 4.78 is 5.22. The number of aromatic nitrogens is 1. The van der Waals surface area contributed by atoms with Crippen LogP contribution in [0.15, 0.2) is 37.1 Å². The van der Waals surface area contributed by atoms with Gasteiger partial charge in [0.25, 0.3) is 0 Å². The van der Waals surface area contributed by atoms with Gasteiger partial charge in [0.2, 0.25) is 0 Å². The lowest BCUT2D eigenvalue weighted by Gasteiger charge is -2.22. The van der Waals surface area contributed by atoms with Gasteiger partial charge in [0.05, 0.1) is 11.7 Å². The third kappa shape index (κ3) is 4.99. The smallest absolute Gasteiger partial charge is 0.408 e. The van der Waals surface area contributed by atoms with Gasteiger partial charge in [-0.05, 0) is 39.3 Å². The van der Waals surface area contributed by atoms with Crippen molar-refractivity contribution in [2.24, 2.45) is 0 Å². The van der Waals surface area contributed by atoms with E-state index in [0.717, 1.165) is 5.69 Å². The second kappa shape index (κ2) is 6.19. The number of pyridine rings is 1. The Morgan fingerprint density at radius 3 is 2.78 bits per heavy atom. The molecule has 0 saturated carbocycles. The van der Waals surface area contributed by atoms with Gasteiger partial charge in [0.1, 0.15) is 5.60 Å². The van der Waals surface area contributed by atoms with E-state index in [1.165, 1.54) is 0 Å². The molecule has 0 aliphatic carbocycles. The molecule has 4 heteroatoms. The lowest BCUT2D eigenvalue weighted by molar-refractivity contribution is 0.0503. The van der Waals surface area contributed by atoms with Crippen molar-refractivity contribution in [1.29, 1.82) is 0 Å². The van der Waals surface area contributed by atoms with Crippen molar-refractivity contribution in [2.75, 3.05) is 0 Å². The fraction of sp³-hybridized carbons (Fsp3) is 0.429. The van der Waals surface area contributed by atoms with Crippen molar-refractivity contribution in [3.8, 4) is 0 Å². The quantitative estimate of drug-likeness (QED) is 0.832. The Balaban J connectivity index is 2.70. The molecule has 18 heavy (non-hydrogen) atoms. The molecule has 1 atom stereocenters. The number of hydrogen-bond acceptors (Lipinski definition) is 3. The molecule has 1 amide bonds. The molecule has 0 unspecified atom stereocenters. The zero-order chi connectivity index (χ0) is 13.6. The summed E-state index contributed by atoms with van der Waals surface area (Å²) in [6.45, 7) is 9.18. The highest BCUT2D eigenvalue weighted by Crippen LogP contribution is 2.15. The average molecular weight is 248 g/mol. The number of nitrogens with one attached hydrogen (secondary N) is 1. The van der Waals surface area contributed by atoms with Gasteiger partial charge in [0, 0.05) is 6.20 Å². The predicted octanol–water partition coefficient (Wildman–Crippen LogP) is 3.22. The first-order chi connectivity index (χ1) is 8.42. The first-order valence-electron chi connectivity index (χ1n) is 5.93. The van der Waals surface area contributed by atoms with Gasteiger partial charge in [-0.2, -0.15) is 0 Å². The highest BCUT2D eigenvalue weighted by atomic mass is 16.6. The molecule has 0 aliphatic heterocycles. The Hall–Kier alpha value is -1.84. The first kappa shape index (κ1) is 14.2. The van der Waals surface area contributed by atoms with Crippen molar-refractivity contribution >= 4 is 6.09 Å². The molecule has 0 aliphatic rings. The van der Waals surface area contributed by atoms with Crippen molar-refractivity contribution in [3.63, 3.8) is 0 Å². The maximum atomic E-state index is 11.7. The van der Waals surface area contributed by atoms with Crippen LogP contribution >= 0.6 is 0 Å². The second-order valence-corrected chi connectivity index (χ2v) is 4.98. The van der Waals surface area contributed by atoms with Gasteiger partial charge in [0.15, 0.2) is 0 Å². The van der Waals surface area contributed by atoms with E-state index < -0.39 is 11.7 Å². The molecular weight excluding hydrogens is 228 g/mol. The van der Waals surface area contributed by atoms with E-state index in [9.17, 15) is 4.79 Å². The lowest BCUT2D eigenvalue weighted by Crippen LogP contribution is -2.35. The molecule has 0 spiro atoms. The monoisotopic (exact) mass is 248 g/mol. The molecular formula is C14H20N2O2. The molecule has 98 valence electrons. The minimum atomic E-state index is -0.507. The molecule has 0 aromatic carbocycles. The summed E-state index contributed by atoms with van der Waals surface area (Å²) in [5, 5.41) is 2.80. The molecule has 0 saturated heterocycles. The predicted molar refractivity (Wildman–Crippen MR) is 71.2 cm³/mol. The average Bonchev–Trinajstić information content (AvgIpc) is 2.27. The van der Waals surface area contributed by atoms with Gasteiger partial charge in [-0.25, -0.2) is 4.79 Å². The first-order valence-corrected chi connectivity index (χ1v) is 5.93. The van der Waals surface area contributed by atoms with E-state index in [1.54, 1.807) is 12.3 Å². The normalized spacial score (nSPS) is 12.6. The van der Waals surface area contributed by atoms with Crippen LogP contribution in [-0.2, 0) is 4.74 Å². The molecule has 0 radical (unpaired) electrons. The Kier molecular flexibility index (Phi) is 4.89. The maximum Gasteiger partial charge on any atom is 0.408 e. The van der Waals surface area contributed by atoms with Gasteiger partial charge < -0.3 is 10.1 Å². The van der Waals surface area contributed by atoms with Crippen LogP contribution in [0.3, 0.4) is 0 Å². The minimum absolute atomic E-state index is 0.210. The van der Waals surface area contributed by atoms with Crippen LogP contribution in [0.4, 0.5) is 4.79 Å². The number of carbonyl (C=O) groups excluding carboxylic acids is 1. The third-order valence-corrected chi connectivity index (χ3v) is 2.14. The molecule has 4 nitrogen and oxygen atoms in total. The zero-order valence-corrected chi connectivity index (χ0v) is 11.1. The standard InChI is InChI=1S/C14H20N2O2/c1-5-8-12(11-9-6-7-10-15-11)16-13(17)18-14(2,3)4/h5-7,9-10,12H,1,8H2,2-4H3,(H,16,17)/t12-/m1/s1. The van der Waals surface area contributed by atoms with Crippen LogP contribution in [0.5, 0.6) is 0 Å². The van der Waals surface area contributed by atoms with E-state index in [0.29, 0.717) is 6.42 Å². The van der Waals surface area contributed by atoms with Crippen LogP contribution < -0.4 is 5.32 Å². The second-order valence-electron chi connectivity index (χ2n) is 4.98. The minimum Gasteiger partial charge on any atom is -0.444 e. The fourth-order valence-corrected chi connectivity index (χ4v) is 1.45. The fourth-order valence-electron chi connectivity index (χ4n) is 1.45. The third-order valence-electron chi connectivity index (χ3n) is 2.14. The lowest BCUT2D eigenvalue weighted by atomic mass is 10.1. The van der Waals surface area contributed by atoms with E-state index in [4.69, 9.17) is 4.74 Å². The van der Waals surface area contributed by atoms with Crippen LogP contribution in [-0.4, -0.2) is 16.7 Å². The van der Waals surface area contributed by atoms with Gasteiger partial charge in [-0.1, -0.05) is 12.1 Å². The molecule has 0 bridgehead atoms. The van der Waals surface area contributed by atoms with Crippen LogP contribution in [0.1, 0.15) is 38.9 Å². The molecule has 0 fully saturated rings. The maximum absolute atomic E-state index is 11.7. The van der Waals surface area contributed by atoms with Gasteiger partial charge >= 0.3 is 6.09 Å². The Bertz CT molecular complexity index is 396. The van der Waals surface area contributed by atoms with Crippen molar-refractivity contribution in [2.45, 2.75) is 38.8 Å². The molecule has 1 aromatic rings. The zero-order valence-electron chi connectivity index (χ0n) is 11.1. The van der Waals surface area contributed by atoms with E-state index >= 15 is 0 Å². The largest absolute Gasteiger partial charge is 0.444 e. The number of alkyl carbamates (subject to hydrolysis) is 1. The molecule has 1 rings (SSSR count). The van der Waals surface area contributed by atoms with E-state index in [2.05, 4.69) is 16.9 Å². The number of rotatable bonds is 4. The number of ether oxygens (including phenoxy) is 1. The number of hydrogen-bond donors (Lipinski definition) is 1. The number of amides is 1. The number of carbonyl (C=O) groups is 1. The van der Waals surface area contributed by atoms with Gasteiger partial charge in [-0.15, -0.1) is 6.58 Å². The molecule has 1 aromatic heterocycles. The topological polar surface area (TPSA) is 51.2 Å². The van der Waals surface area contributed by atoms with Gasteiger partial charge in [-0.3, -0.25) is 4.98 Å². The summed E-state index contributed by atoms with van der Waals surface area (Å²) >= 11 is 0. The van der Waals surface area contributed by atoms with Crippen molar-refractivity contribution in [3.05, 3.63) is 42.7 Å². The van der Waals surface area contributed by atoms with Crippen LogP contribution in [0.25, 0.3) is 0 Å². The highest BCUT2D eigenvalue weighted by molar-refractivity contribution is 5.68. The van der Waals surface area contributed by atoms with E-state index in [-0.39, 0.29) is 6.04 Å².